The van der Waals surface area contributed by atoms with E-state index in [2.05, 4.69) is 183 Å². The Hall–Kier alpha value is -6.78. The van der Waals surface area contributed by atoms with Crippen LogP contribution in [0.25, 0.3) is 71.6 Å². The van der Waals surface area contributed by atoms with Gasteiger partial charge < -0.3 is 9.13 Å². The minimum Gasteiger partial charge on any atom is -0.318 e. The Bertz CT molecular complexity index is 2890. The Labute approximate surface area is 294 Å². The molecule has 238 valence electrons. The fourth-order valence-electron chi connectivity index (χ4n) is 8.48. The summed E-state index contributed by atoms with van der Waals surface area (Å²) >= 11 is 0. The highest BCUT2D eigenvalue weighted by Crippen LogP contribution is 2.46. The topological polar surface area (TPSA) is 25.8 Å². The second kappa shape index (κ2) is 10.9. The lowest BCUT2D eigenvalue weighted by Gasteiger charge is -2.24. The Morgan fingerprint density at radius 1 is 0.529 bits per heavy atom. The van der Waals surface area contributed by atoms with Crippen molar-refractivity contribution in [3.63, 3.8) is 0 Å². The number of nitrogens with zero attached hydrogens (tertiary/aromatic N) is 4. The minimum atomic E-state index is 0.0546. The number of pyridine rings is 1. The number of aromatic nitrogens is 3. The third kappa shape index (κ3) is 4.14. The first-order chi connectivity index (χ1) is 25.3. The van der Waals surface area contributed by atoms with Crippen LogP contribution in [0.3, 0.4) is 0 Å². The lowest BCUT2D eigenvalue weighted by molar-refractivity contribution is 0.781. The van der Waals surface area contributed by atoms with Crippen molar-refractivity contribution >= 4 is 60.7 Å². The van der Waals surface area contributed by atoms with Gasteiger partial charge in [0, 0.05) is 69.5 Å². The average Bonchev–Trinajstić information content (AvgIpc) is 3.71. The molecule has 0 bridgehead atoms. The van der Waals surface area contributed by atoms with Crippen molar-refractivity contribution in [1.82, 2.24) is 18.7 Å². The maximum absolute atomic E-state index is 4.47. The molecule has 0 saturated heterocycles. The summed E-state index contributed by atoms with van der Waals surface area (Å²) in [6, 6.07) is 53.1. The van der Waals surface area contributed by atoms with Crippen molar-refractivity contribution in [3.8, 4) is 27.9 Å². The van der Waals surface area contributed by atoms with Crippen LogP contribution in [0.4, 0.5) is 11.4 Å². The van der Waals surface area contributed by atoms with Crippen molar-refractivity contribution in [2.45, 2.75) is 6.04 Å². The predicted molar refractivity (Wildman–Crippen MR) is 213 cm³/mol. The molecule has 4 nitrogen and oxygen atoms in total. The van der Waals surface area contributed by atoms with E-state index in [9.17, 15) is 0 Å². The van der Waals surface area contributed by atoms with E-state index in [0.29, 0.717) is 0 Å². The molecule has 0 spiro atoms. The zero-order chi connectivity index (χ0) is 33.5. The molecule has 1 aliphatic carbocycles. The van der Waals surface area contributed by atoms with E-state index in [1.807, 2.05) is 18.5 Å². The Balaban J connectivity index is 1.24. The first-order valence-corrected chi connectivity index (χ1v) is 17.5. The maximum Gasteiger partial charge on any atom is 0.235 e. The van der Waals surface area contributed by atoms with Crippen molar-refractivity contribution in [3.05, 3.63) is 182 Å². The molecule has 4 heterocycles. The number of benzene rings is 6. The third-order valence-electron chi connectivity index (χ3n) is 10.6. The number of hydrogen-bond acceptors (Lipinski definition) is 1. The summed E-state index contributed by atoms with van der Waals surface area (Å²) in [6.45, 7) is 0. The lowest BCUT2D eigenvalue weighted by Crippen LogP contribution is -2.30. The van der Waals surface area contributed by atoms with E-state index < -0.39 is 0 Å². The highest BCUT2D eigenvalue weighted by molar-refractivity contribution is 6.22. The fourth-order valence-corrected chi connectivity index (χ4v) is 8.48. The van der Waals surface area contributed by atoms with Gasteiger partial charge in [0.2, 0.25) is 17.1 Å². The molecule has 0 saturated carbocycles. The van der Waals surface area contributed by atoms with Gasteiger partial charge in [0.25, 0.3) is 0 Å². The molecular formula is C47H31N4+. The van der Waals surface area contributed by atoms with E-state index in [1.54, 1.807) is 0 Å². The van der Waals surface area contributed by atoms with Gasteiger partial charge in [-0.1, -0.05) is 103 Å². The van der Waals surface area contributed by atoms with Gasteiger partial charge in [-0.25, -0.2) is 0 Å². The number of rotatable bonds is 4. The van der Waals surface area contributed by atoms with Gasteiger partial charge in [-0.05, 0) is 59.2 Å². The van der Waals surface area contributed by atoms with Gasteiger partial charge in [-0.2, -0.15) is 4.58 Å². The molecule has 1 unspecified atom stereocenters. The molecule has 1 aliphatic heterocycles. The predicted octanol–water partition coefficient (Wildman–Crippen LogP) is 11.6. The summed E-state index contributed by atoms with van der Waals surface area (Å²) in [6.07, 6.45) is 12.7. The third-order valence-corrected chi connectivity index (χ3v) is 10.6. The van der Waals surface area contributed by atoms with Gasteiger partial charge >= 0.3 is 0 Å². The Morgan fingerprint density at radius 2 is 1.27 bits per heavy atom. The highest BCUT2D eigenvalue weighted by atomic mass is 15.2. The van der Waals surface area contributed by atoms with Crippen LogP contribution >= 0.6 is 0 Å². The molecule has 9 aromatic rings. The van der Waals surface area contributed by atoms with Crippen LogP contribution in [0.2, 0.25) is 0 Å². The number of fused-ring (bicyclic) bond motifs is 8. The van der Waals surface area contributed by atoms with Gasteiger partial charge in [0.05, 0.1) is 16.6 Å². The van der Waals surface area contributed by atoms with E-state index in [4.69, 9.17) is 0 Å². The zero-order valence-electron chi connectivity index (χ0n) is 27.7. The second-order valence-electron chi connectivity index (χ2n) is 13.4. The molecule has 51 heavy (non-hydrogen) atoms. The van der Waals surface area contributed by atoms with Crippen molar-refractivity contribution in [1.29, 1.82) is 0 Å². The summed E-state index contributed by atoms with van der Waals surface area (Å²) < 4.78 is 7.47. The summed E-state index contributed by atoms with van der Waals surface area (Å²) in [4.78, 5) is 4.47. The fraction of sp³-hybridized carbons (Fsp3) is 0.0213. The van der Waals surface area contributed by atoms with E-state index in [-0.39, 0.29) is 6.04 Å². The maximum atomic E-state index is 4.47. The molecule has 1 atom stereocenters. The molecule has 4 heteroatoms. The molecule has 0 N–H and O–H groups in total. The van der Waals surface area contributed by atoms with Crippen molar-refractivity contribution in [2.24, 2.45) is 0 Å². The largest absolute Gasteiger partial charge is 0.318 e. The van der Waals surface area contributed by atoms with Gasteiger partial charge in [0.15, 0.2) is 0 Å². The standard InChI is InChI=1S/C47H31N4/c1-3-13-31(14-4-1)33-25-34(32-15-12-24-48-30-32)27-36(26-33)50-41-20-8-7-18-37(41)39-28-40-38-19-11-23-44-47(38)51(46(40)29-45(39)50)43-22-10-9-21-42(43)49(44)35-16-5-2-6-17-35/h1-30,43H/q+1. The SMILES string of the molecule is C1=CC2=[N+](c3ccccc3)c3cccc4c5cc6c7ccccc7n(-c7cc(-c8ccccc8)cc(-c8cccnc8)c7)c6cc5n(c34)C2C=C1. The van der Waals surface area contributed by atoms with Gasteiger partial charge in [0.1, 0.15) is 11.6 Å². The molecule has 0 radical (unpaired) electrons. The summed E-state index contributed by atoms with van der Waals surface area (Å²) in [5, 5.41) is 5.04. The van der Waals surface area contributed by atoms with Crippen LogP contribution in [0, 0.1) is 0 Å². The average molecular weight is 652 g/mol. The second-order valence-corrected chi connectivity index (χ2v) is 13.4. The first-order valence-electron chi connectivity index (χ1n) is 17.5. The van der Waals surface area contributed by atoms with Crippen LogP contribution < -0.4 is 4.58 Å². The summed E-state index contributed by atoms with van der Waals surface area (Å²) in [7, 11) is 0. The van der Waals surface area contributed by atoms with Crippen LogP contribution in [0.15, 0.2) is 182 Å². The van der Waals surface area contributed by atoms with Crippen molar-refractivity contribution < 1.29 is 0 Å². The molecule has 0 amide bonds. The molecule has 0 fully saturated rings. The molecule has 6 aromatic carbocycles. The van der Waals surface area contributed by atoms with E-state index in [0.717, 1.165) is 16.8 Å². The van der Waals surface area contributed by atoms with Crippen LogP contribution in [0.1, 0.15) is 6.04 Å². The normalized spacial score (nSPS) is 15.0. The Kier molecular flexibility index (Phi) is 5.98. The van der Waals surface area contributed by atoms with Crippen LogP contribution in [-0.2, 0) is 0 Å². The van der Waals surface area contributed by atoms with Crippen molar-refractivity contribution in [2.75, 3.05) is 0 Å². The monoisotopic (exact) mass is 651 g/mol. The molecular weight excluding hydrogens is 621 g/mol. The van der Waals surface area contributed by atoms with E-state index >= 15 is 0 Å². The molecule has 2 aliphatic rings. The molecule has 11 rings (SSSR count). The van der Waals surface area contributed by atoms with Gasteiger partial charge in [-0.15, -0.1) is 0 Å². The number of hydrogen-bond donors (Lipinski definition) is 0. The number of allylic oxidation sites excluding steroid dienone is 4. The first kappa shape index (κ1) is 28.1. The van der Waals surface area contributed by atoms with Crippen LogP contribution in [0.5, 0.6) is 0 Å². The summed E-state index contributed by atoms with van der Waals surface area (Å²) in [5.41, 5.74) is 14.2. The lowest BCUT2D eigenvalue weighted by atomic mass is 9.98. The zero-order valence-corrected chi connectivity index (χ0v) is 27.7. The van der Waals surface area contributed by atoms with Crippen LogP contribution in [-0.4, -0.2) is 19.8 Å². The number of para-hydroxylation sites is 3. The Morgan fingerprint density at radius 3 is 2.12 bits per heavy atom. The molecule has 3 aromatic heterocycles. The van der Waals surface area contributed by atoms with Gasteiger partial charge in [-0.3, -0.25) is 4.98 Å². The highest BCUT2D eigenvalue weighted by Gasteiger charge is 2.37. The quantitative estimate of drug-likeness (QED) is 0.174. The minimum absolute atomic E-state index is 0.0546. The van der Waals surface area contributed by atoms with E-state index in [1.165, 1.54) is 71.8 Å². The summed E-state index contributed by atoms with van der Waals surface area (Å²) in [5.74, 6) is 0. The smallest absolute Gasteiger partial charge is 0.235 e.